The van der Waals surface area contributed by atoms with Gasteiger partial charge in [-0.05, 0) is 12.0 Å². The molecule has 0 spiro atoms. The molecule has 0 aliphatic rings. The Balaban J connectivity index is 2.07. The second-order valence-corrected chi connectivity index (χ2v) is 4.10. The second kappa shape index (κ2) is 6.12. The molecule has 0 aliphatic carbocycles. The van der Waals surface area contributed by atoms with Gasteiger partial charge in [-0.15, -0.1) is 0 Å². The summed E-state index contributed by atoms with van der Waals surface area (Å²) >= 11 is 0. The van der Waals surface area contributed by atoms with Gasteiger partial charge in [-0.2, -0.15) is 0 Å². The van der Waals surface area contributed by atoms with Gasteiger partial charge in [0.25, 0.3) is 5.56 Å². The lowest BCUT2D eigenvalue weighted by Gasteiger charge is -2.04. The van der Waals surface area contributed by atoms with Crippen molar-refractivity contribution in [3.05, 3.63) is 63.8 Å². The molecule has 1 N–H and O–H groups in total. The van der Waals surface area contributed by atoms with Crippen molar-refractivity contribution in [1.82, 2.24) is 9.97 Å². The second-order valence-electron chi connectivity index (χ2n) is 4.10. The van der Waals surface area contributed by atoms with E-state index in [2.05, 4.69) is 22.1 Å². The van der Waals surface area contributed by atoms with Crippen molar-refractivity contribution in [2.24, 2.45) is 0 Å². The molecule has 0 unspecified atom stereocenters. The van der Waals surface area contributed by atoms with Gasteiger partial charge < -0.3 is 9.72 Å². The third-order valence-corrected chi connectivity index (χ3v) is 2.63. The molecule has 0 bridgehead atoms. The number of aryl methyl sites for hydroxylation is 2. The number of methoxy groups -OCH3 is 1. The average Bonchev–Trinajstić information content (AvgIpc) is 2.37. The maximum atomic E-state index is 11.4. The van der Waals surface area contributed by atoms with Crippen molar-refractivity contribution in [2.45, 2.75) is 19.4 Å². The number of aromatic amines is 1. The van der Waals surface area contributed by atoms with Crippen LogP contribution in [0.2, 0.25) is 0 Å². The summed E-state index contributed by atoms with van der Waals surface area (Å²) in [5.41, 5.74) is 1.78. The highest BCUT2D eigenvalue weighted by Crippen LogP contribution is 2.03. The van der Waals surface area contributed by atoms with Crippen molar-refractivity contribution < 1.29 is 4.74 Å². The molecule has 0 amide bonds. The fourth-order valence-corrected chi connectivity index (χ4v) is 1.81. The van der Waals surface area contributed by atoms with Crippen LogP contribution in [-0.4, -0.2) is 17.1 Å². The van der Waals surface area contributed by atoms with Crippen molar-refractivity contribution in [3.63, 3.8) is 0 Å². The maximum absolute atomic E-state index is 11.4. The number of aromatic nitrogens is 2. The molecule has 0 atom stereocenters. The zero-order valence-corrected chi connectivity index (χ0v) is 10.3. The highest BCUT2D eigenvalue weighted by molar-refractivity contribution is 5.15. The molecule has 2 rings (SSSR count). The summed E-state index contributed by atoms with van der Waals surface area (Å²) in [6.07, 6.45) is 1.58. The summed E-state index contributed by atoms with van der Waals surface area (Å²) in [4.78, 5) is 18.6. The van der Waals surface area contributed by atoms with Crippen LogP contribution in [0.25, 0.3) is 0 Å². The Kier molecular flexibility index (Phi) is 4.25. The van der Waals surface area contributed by atoms with E-state index in [0.29, 0.717) is 18.1 Å². The average molecular weight is 244 g/mol. The Labute approximate surface area is 106 Å². The van der Waals surface area contributed by atoms with Crippen LogP contribution >= 0.6 is 0 Å². The highest BCUT2D eigenvalue weighted by Gasteiger charge is 2.02. The third-order valence-electron chi connectivity index (χ3n) is 2.63. The Hall–Kier alpha value is -1.94. The molecule has 4 heteroatoms. The van der Waals surface area contributed by atoms with Crippen LogP contribution in [0.5, 0.6) is 0 Å². The Bertz CT molecular complexity index is 549. The molecule has 18 heavy (non-hydrogen) atoms. The van der Waals surface area contributed by atoms with E-state index in [1.165, 1.54) is 11.6 Å². The monoisotopic (exact) mass is 244 g/mol. The Morgan fingerprint density at radius 2 is 2.00 bits per heavy atom. The van der Waals surface area contributed by atoms with E-state index < -0.39 is 0 Å². The molecule has 1 aromatic heterocycles. The highest BCUT2D eigenvalue weighted by atomic mass is 16.5. The molecule has 0 aliphatic heterocycles. The molecular formula is C14H16N2O2. The quantitative estimate of drug-likeness (QED) is 0.871. The first-order chi connectivity index (χ1) is 8.78. The van der Waals surface area contributed by atoms with E-state index in [4.69, 9.17) is 4.74 Å². The zero-order chi connectivity index (χ0) is 12.8. The lowest BCUT2D eigenvalue weighted by molar-refractivity contribution is 0.181. The molecule has 1 aromatic carbocycles. The smallest absolute Gasteiger partial charge is 0.251 e. The SMILES string of the molecule is COCc1cc(=O)[nH]c(CCc2ccccc2)n1. The van der Waals surface area contributed by atoms with Crippen LogP contribution in [0.15, 0.2) is 41.2 Å². The number of rotatable bonds is 5. The van der Waals surface area contributed by atoms with Crippen LogP contribution in [0.1, 0.15) is 17.1 Å². The molecule has 0 radical (unpaired) electrons. The zero-order valence-electron chi connectivity index (χ0n) is 10.3. The van der Waals surface area contributed by atoms with E-state index in [1.54, 1.807) is 7.11 Å². The molecule has 4 nitrogen and oxygen atoms in total. The normalized spacial score (nSPS) is 10.5. The first-order valence-corrected chi connectivity index (χ1v) is 5.90. The van der Waals surface area contributed by atoms with Crippen molar-refractivity contribution in [3.8, 4) is 0 Å². The van der Waals surface area contributed by atoms with Crippen LogP contribution in [0.3, 0.4) is 0 Å². The van der Waals surface area contributed by atoms with Gasteiger partial charge in [0.1, 0.15) is 5.82 Å². The van der Waals surface area contributed by atoms with Gasteiger partial charge in [-0.1, -0.05) is 30.3 Å². The fraction of sp³-hybridized carbons (Fsp3) is 0.286. The summed E-state index contributed by atoms with van der Waals surface area (Å²) in [6, 6.07) is 11.6. The van der Waals surface area contributed by atoms with Gasteiger partial charge in [0, 0.05) is 19.6 Å². The number of nitrogens with zero attached hydrogens (tertiary/aromatic N) is 1. The Morgan fingerprint density at radius 1 is 1.22 bits per heavy atom. The number of hydrogen-bond donors (Lipinski definition) is 1. The molecule has 2 aromatic rings. The molecule has 0 saturated carbocycles. The van der Waals surface area contributed by atoms with Gasteiger partial charge in [-0.3, -0.25) is 4.79 Å². The van der Waals surface area contributed by atoms with E-state index in [0.717, 1.165) is 12.8 Å². The first-order valence-electron chi connectivity index (χ1n) is 5.90. The fourth-order valence-electron chi connectivity index (χ4n) is 1.81. The number of hydrogen-bond acceptors (Lipinski definition) is 3. The predicted molar refractivity (Wildman–Crippen MR) is 69.4 cm³/mol. The third kappa shape index (κ3) is 3.53. The summed E-state index contributed by atoms with van der Waals surface area (Å²) in [5.74, 6) is 0.707. The summed E-state index contributed by atoms with van der Waals surface area (Å²) in [5, 5.41) is 0. The van der Waals surface area contributed by atoms with E-state index >= 15 is 0 Å². The van der Waals surface area contributed by atoms with Crippen LogP contribution in [-0.2, 0) is 24.2 Å². The van der Waals surface area contributed by atoms with Crippen molar-refractivity contribution >= 4 is 0 Å². The van der Waals surface area contributed by atoms with E-state index in [1.807, 2.05) is 18.2 Å². The molecule has 0 saturated heterocycles. The van der Waals surface area contributed by atoms with Gasteiger partial charge in [0.15, 0.2) is 0 Å². The van der Waals surface area contributed by atoms with Gasteiger partial charge in [0.2, 0.25) is 0 Å². The predicted octanol–water partition coefficient (Wildman–Crippen LogP) is 1.70. The van der Waals surface area contributed by atoms with Crippen molar-refractivity contribution in [1.29, 1.82) is 0 Å². The van der Waals surface area contributed by atoms with E-state index in [-0.39, 0.29) is 5.56 Å². The van der Waals surface area contributed by atoms with Gasteiger partial charge in [-0.25, -0.2) is 4.98 Å². The number of benzene rings is 1. The summed E-state index contributed by atoms with van der Waals surface area (Å²) in [7, 11) is 1.59. The molecule has 0 fully saturated rings. The molecular weight excluding hydrogens is 228 g/mol. The van der Waals surface area contributed by atoms with E-state index in [9.17, 15) is 4.79 Å². The standard InChI is InChI=1S/C14H16N2O2/c1-18-10-12-9-14(17)16-13(15-12)8-7-11-5-3-2-4-6-11/h2-6,9H,7-8,10H2,1H3,(H,15,16,17). The minimum atomic E-state index is -0.125. The van der Waals surface area contributed by atoms with Gasteiger partial charge in [0.05, 0.1) is 12.3 Å². The van der Waals surface area contributed by atoms with Crippen LogP contribution in [0.4, 0.5) is 0 Å². The summed E-state index contributed by atoms with van der Waals surface area (Å²) in [6.45, 7) is 0.363. The number of H-pyrrole nitrogens is 1. The van der Waals surface area contributed by atoms with Gasteiger partial charge >= 0.3 is 0 Å². The van der Waals surface area contributed by atoms with Crippen molar-refractivity contribution in [2.75, 3.05) is 7.11 Å². The lowest BCUT2D eigenvalue weighted by atomic mass is 10.1. The topological polar surface area (TPSA) is 55.0 Å². The minimum Gasteiger partial charge on any atom is -0.378 e. The molecule has 94 valence electrons. The number of ether oxygens (including phenoxy) is 1. The lowest BCUT2D eigenvalue weighted by Crippen LogP contribution is -2.13. The minimum absolute atomic E-state index is 0.125. The van der Waals surface area contributed by atoms with Crippen LogP contribution < -0.4 is 5.56 Å². The molecule has 1 heterocycles. The number of nitrogens with one attached hydrogen (secondary N) is 1. The largest absolute Gasteiger partial charge is 0.378 e. The summed E-state index contributed by atoms with van der Waals surface area (Å²) < 4.78 is 4.99. The van der Waals surface area contributed by atoms with Crippen LogP contribution in [0, 0.1) is 0 Å². The maximum Gasteiger partial charge on any atom is 0.251 e. The Morgan fingerprint density at radius 3 is 2.72 bits per heavy atom. The first kappa shape index (κ1) is 12.5.